The minimum atomic E-state index is -3.36. The molecule has 0 aliphatic carbocycles. The normalized spacial score (nSPS) is 20.3. The van der Waals surface area contributed by atoms with Crippen LogP contribution in [0.5, 0.6) is 0 Å². The number of rotatable bonds is 14. The van der Waals surface area contributed by atoms with Crippen molar-refractivity contribution >= 4 is 35.8 Å². The number of hydrogen-bond acceptors (Lipinski definition) is 9. The summed E-state index contributed by atoms with van der Waals surface area (Å²) in [7, 11) is -10.0. The lowest BCUT2D eigenvalue weighted by Crippen LogP contribution is -2.42. The third-order valence-corrected chi connectivity index (χ3v) is 15.4. The maximum absolute atomic E-state index is 12.4. The highest BCUT2D eigenvalue weighted by molar-refractivity contribution is 7.92. The molecule has 4 aromatic carbocycles. The summed E-state index contributed by atoms with van der Waals surface area (Å²) < 4.78 is 81.0. The second-order valence-electron chi connectivity index (χ2n) is 15.9. The van der Waals surface area contributed by atoms with E-state index in [-0.39, 0.29) is 23.9 Å². The molecule has 0 amide bonds. The van der Waals surface area contributed by atoms with E-state index in [0.717, 1.165) is 72.4 Å². The topological polar surface area (TPSA) is 169 Å². The molecule has 4 atom stereocenters. The average molecular weight is 863 g/mol. The van der Waals surface area contributed by atoms with Crippen LogP contribution in [0.3, 0.4) is 0 Å². The van der Waals surface area contributed by atoms with E-state index in [1.54, 1.807) is 39.8 Å². The third-order valence-electron chi connectivity index (χ3n) is 11.1. The Kier molecular flexibility index (Phi) is 15.2. The molecule has 0 radical (unpaired) electrons. The van der Waals surface area contributed by atoms with Crippen LogP contribution in [0.2, 0.25) is 0 Å². The molecule has 0 spiro atoms. The maximum atomic E-state index is 12.4. The number of nitriles is 1. The summed E-state index contributed by atoms with van der Waals surface area (Å²) >= 11 is 0. The third kappa shape index (κ3) is 12.2. The minimum Gasteiger partial charge on any atom is -0.301 e. The first kappa shape index (κ1) is 45.9. The van der Waals surface area contributed by atoms with Gasteiger partial charge in [-0.25, -0.2) is 34.7 Å². The lowest BCUT2D eigenvalue weighted by atomic mass is 9.93. The fourth-order valence-corrected chi connectivity index (χ4v) is 9.88. The Balaban J connectivity index is 0.000000225. The van der Waals surface area contributed by atoms with Gasteiger partial charge in [0.2, 0.25) is 30.1 Å². The van der Waals surface area contributed by atoms with Crippen molar-refractivity contribution in [3.05, 3.63) is 114 Å². The van der Waals surface area contributed by atoms with E-state index in [4.69, 9.17) is 5.26 Å². The molecule has 4 aromatic rings. The highest BCUT2D eigenvalue weighted by Gasteiger charge is 2.37. The standard InChI is InChI=1S/C22H31N3O4S2.C22H27N3O2S/c1-5-25-14-21(22(15-25)24-31(28,29)16(2)3)18-11-9-17(10-12-18)19-7-6-8-20(13-19)23-30(4,26)27;1-4-25-14-21(22(15-25)24-28(26,27)16(2)3)20-11-9-19(10-12-20)18-7-5-17(13-23)6-8-18/h6-13,16,21-24H,5,14-15H2,1-4H3;5-12,16,21-22,24H,4,14-15H2,1-3H3/t2*21-,22+/m11/s1. The van der Waals surface area contributed by atoms with Gasteiger partial charge in [0, 0.05) is 55.8 Å². The lowest BCUT2D eigenvalue weighted by molar-refractivity contribution is 0.348. The summed E-state index contributed by atoms with van der Waals surface area (Å²) in [4.78, 5) is 4.54. The Morgan fingerprint density at radius 1 is 0.610 bits per heavy atom. The van der Waals surface area contributed by atoms with Crippen molar-refractivity contribution in [2.45, 2.75) is 76.0 Å². The van der Waals surface area contributed by atoms with Crippen LogP contribution in [-0.2, 0) is 30.1 Å². The summed E-state index contributed by atoms with van der Waals surface area (Å²) in [6.07, 6.45) is 1.12. The predicted octanol–water partition coefficient (Wildman–Crippen LogP) is 6.18. The van der Waals surface area contributed by atoms with Gasteiger partial charge in [0.1, 0.15) is 0 Å². The number of likely N-dealkylation sites (tertiary alicyclic amines) is 2. The molecule has 2 aliphatic heterocycles. The quantitative estimate of drug-likeness (QED) is 0.134. The number of nitrogens with one attached hydrogen (secondary N) is 3. The molecule has 318 valence electrons. The number of hydrogen-bond donors (Lipinski definition) is 3. The molecule has 0 saturated carbocycles. The van der Waals surface area contributed by atoms with Crippen molar-refractivity contribution in [2.75, 3.05) is 50.2 Å². The zero-order valence-electron chi connectivity index (χ0n) is 35.0. The zero-order valence-corrected chi connectivity index (χ0v) is 37.4. The van der Waals surface area contributed by atoms with Crippen molar-refractivity contribution in [1.82, 2.24) is 19.2 Å². The van der Waals surface area contributed by atoms with E-state index in [1.807, 2.05) is 60.7 Å². The van der Waals surface area contributed by atoms with Crippen LogP contribution in [0.1, 0.15) is 70.1 Å². The molecule has 12 nitrogen and oxygen atoms in total. The summed E-state index contributed by atoms with van der Waals surface area (Å²) in [5.41, 5.74) is 7.39. The summed E-state index contributed by atoms with van der Waals surface area (Å²) in [6.45, 7) is 15.8. The number of anilines is 1. The molecule has 0 bridgehead atoms. The van der Waals surface area contributed by atoms with Gasteiger partial charge >= 0.3 is 0 Å². The fourth-order valence-electron chi connectivity index (χ4n) is 7.45. The molecular weight excluding hydrogens is 805 g/mol. The second kappa shape index (κ2) is 19.5. The molecule has 2 aliphatic rings. The lowest BCUT2D eigenvalue weighted by Gasteiger charge is -2.22. The Morgan fingerprint density at radius 3 is 1.39 bits per heavy atom. The molecule has 15 heteroatoms. The van der Waals surface area contributed by atoms with Crippen LogP contribution < -0.4 is 14.2 Å². The van der Waals surface area contributed by atoms with Crippen molar-refractivity contribution in [2.24, 2.45) is 0 Å². The molecule has 0 aromatic heterocycles. The Labute approximate surface area is 352 Å². The number of nitrogens with zero attached hydrogens (tertiary/aromatic N) is 3. The van der Waals surface area contributed by atoms with Crippen LogP contribution in [0.4, 0.5) is 5.69 Å². The first-order chi connectivity index (χ1) is 27.8. The van der Waals surface area contributed by atoms with Gasteiger partial charge in [-0.3, -0.25) is 4.72 Å². The fraction of sp³-hybridized carbons (Fsp3) is 0.432. The predicted molar refractivity (Wildman–Crippen MR) is 239 cm³/mol. The van der Waals surface area contributed by atoms with Crippen LogP contribution in [0.25, 0.3) is 22.3 Å². The maximum Gasteiger partial charge on any atom is 0.229 e. The minimum absolute atomic E-state index is 0.0701. The zero-order chi connectivity index (χ0) is 43.1. The smallest absolute Gasteiger partial charge is 0.229 e. The van der Waals surface area contributed by atoms with Gasteiger partial charge in [-0.2, -0.15) is 5.26 Å². The van der Waals surface area contributed by atoms with E-state index in [0.29, 0.717) is 17.8 Å². The van der Waals surface area contributed by atoms with E-state index in [2.05, 4.69) is 68.1 Å². The van der Waals surface area contributed by atoms with E-state index >= 15 is 0 Å². The first-order valence-electron chi connectivity index (χ1n) is 20.1. The molecule has 2 saturated heterocycles. The van der Waals surface area contributed by atoms with Crippen molar-refractivity contribution < 1.29 is 25.3 Å². The molecular formula is C44H58N6O6S3. The van der Waals surface area contributed by atoms with Gasteiger partial charge in [0.15, 0.2) is 0 Å². The van der Waals surface area contributed by atoms with Gasteiger partial charge in [-0.1, -0.05) is 86.6 Å². The van der Waals surface area contributed by atoms with Gasteiger partial charge in [-0.15, -0.1) is 0 Å². The Bertz CT molecular complexity index is 2400. The SMILES string of the molecule is CCN1C[C@H](NS(=O)(=O)C(C)C)[C@@H](c2ccc(-c3ccc(C#N)cc3)cc2)C1.CCN1C[C@H](NS(=O)(=O)C(C)C)[C@@H](c2ccc(-c3cccc(NS(C)(=O)=O)c3)cc2)C1. The Hall–Kier alpha value is -4.14. The largest absolute Gasteiger partial charge is 0.301 e. The summed E-state index contributed by atoms with van der Waals surface area (Å²) in [5, 5.41) is 8.02. The molecule has 0 unspecified atom stereocenters. The Morgan fingerprint density at radius 2 is 1.02 bits per heavy atom. The molecule has 2 fully saturated rings. The van der Waals surface area contributed by atoms with Crippen LogP contribution in [0, 0.1) is 11.3 Å². The number of likely N-dealkylation sites (N-methyl/N-ethyl adjacent to an activating group) is 2. The van der Waals surface area contributed by atoms with Crippen LogP contribution in [0.15, 0.2) is 97.1 Å². The molecule has 2 heterocycles. The molecule has 3 N–H and O–H groups in total. The van der Waals surface area contributed by atoms with Gasteiger partial charge in [0.05, 0.1) is 28.4 Å². The van der Waals surface area contributed by atoms with E-state index < -0.39 is 40.6 Å². The molecule has 6 rings (SSSR count). The van der Waals surface area contributed by atoms with E-state index in [9.17, 15) is 25.3 Å². The van der Waals surface area contributed by atoms with E-state index in [1.165, 1.54) is 0 Å². The summed E-state index contributed by atoms with van der Waals surface area (Å²) in [6, 6.07) is 33.0. The first-order valence-corrected chi connectivity index (χ1v) is 25.1. The number of sulfonamides is 3. The van der Waals surface area contributed by atoms with Gasteiger partial charge < -0.3 is 9.80 Å². The van der Waals surface area contributed by atoms with Gasteiger partial charge in [-0.05, 0) is 98.4 Å². The van der Waals surface area contributed by atoms with Crippen molar-refractivity contribution in [1.29, 1.82) is 5.26 Å². The van der Waals surface area contributed by atoms with Crippen LogP contribution >= 0.6 is 0 Å². The van der Waals surface area contributed by atoms with Crippen molar-refractivity contribution in [3.8, 4) is 28.3 Å². The van der Waals surface area contributed by atoms with Crippen LogP contribution in [-0.4, -0.2) is 103 Å². The summed E-state index contributed by atoms with van der Waals surface area (Å²) in [5.74, 6) is 0.198. The average Bonchev–Trinajstić information content (AvgIpc) is 3.80. The monoisotopic (exact) mass is 862 g/mol. The second-order valence-corrected chi connectivity index (χ2v) is 22.2. The van der Waals surface area contributed by atoms with Gasteiger partial charge in [0.25, 0.3) is 0 Å². The number of benzene rings is 4. The molecule has 59 heavy (non-hydrogen) atoms. The van der Waals surface area contributed by atoms with Crippen molar-refractivity contribution in [3.63, 3.8) is 0 Å². The highest BCUT2D eigenvalue weighted by atomic mass is 32.2. The highest BCUT2D eigenvalue weighted by Crippen LogP contribution is 2.32.